The molecule has 0 unspecified atom stereocenters. The van der Waals surface area contributed by atoms with Crippen LogP contribution in [0.5, 0.6) is 0 Å². The third-order valence-electron chi connectivity index (χ3n) is 12.5. The van der Waals surface area contributed by atoms with E-state index in [0.717, 1.165) is 34.0 Å². The third kappa shape index (κ3) is 6.05. The van der Waals surface area contributed by atoms with Crippen molar-refractivity contribution in [2.45, 2.75) is 0 Å². The number of anilines is 3. The molecule has 0 saturated heterocycles. The van der Waals surface area contributed by atoms with Crippen molar-refractivity contribution in [1.82, 2.24) is 9.13 Å². The minimum atomic E-state index is 1.09. The lowest BCUT2D eigenvalue weighted by atomic mass is 9.86. The van der Waals surface area contributed by atoms with E-state index in [4.69, 9.17) is 0 Å². The standard InChI is InChI=1S/C60H41N3/c1-6-20-42(21-7-1)43-34-36-44(37-35-43)55-56(45-38-40-50(41-39-45)61(46-22-8-2-9-23-46)47-24-10-3-11-25-47)58-52-31-17-19-33-54(52)63(49-28-14-5-15-29-49)60(58)59-57(55)51-30-16-18-32-53(51)62(59)48-26-12-4-13-27-48/h1-41H. The fourth-order valence-electron chi connectivity index (χ4n) is 9.79. The predicted molar refractivity (Wildman–Crippen MR) is 266 cm³/mol. The summed E-state index contributed by atoms with van der Waals surface area (Å²) < 4.78 is 5.00. The molecule has 12 aromatic rings. The molecule has 0 radical (unpaired) electrons. The lowest BCUT2D eigenvalue weighted by Crippen LogP contribution is -2.09. The molecular formula is C60H41N3. The molecule has 0 aliphatic heterocycles. The molecule has 10 aromatic carbocycles. The zero-order valence-electron chi connectivity index (χ0n) is 34.5. The predicted octanol–water partition coefficient (Wildman–Crippen LogP) is 16.4. The highest BCUT2D eigenvalue weighted by Gasteiger charge is 2.29. The Morgan fingerprint density at radius 3 is 1.02 bits per heavy atom. The third-order valence-corrected chi connectivity index (χ3v) is 12.5. The van der Waals surface area contributed by atoms with Crippen molar-refractivity contribution in [3.63, 3.8) is 0 Å². The molecule has 0 fully saturated rings. The molecule has 3 heteroatoms. The lowest BCUT2D eigenvalue weighted by Gasteiger charge is -2.26. The Morgan fingerprint density at radius 2 is 0.571 bits per heavy atom. The van der Waals surface area contributed by atoms with E-state index >= 15 is 0 Å². The second-order valence-corrected chi connectivity index (χ2v) is 16.1. The van der Waals surface area contributed by atoms with Crippen LogP contribution in [0.3, 0.4) is 0 Å². The molecule has 12 rings (SSSR count). The zero-order valence-corrected chi connectivity index (χ0v) is 34.5. The van der Waals surface area contributed by atoms with E-state index in [9.17, 15) is 0 Å². The SMILES string of the molecule is c1ccc(-c2ccc(-c3c(-c4ccc(N(c5ccccc5)c5ccccc5)cc4)c4c5ccccc5n(-c5ccccc5)c4c4c3c3ccccc3n4-c3ccccc3)cc2)cc1. The van der Waals surface area contributed by atoms with Crippen LogP contribution in [0.2, 0.25) is 0 Å². The highest BCUT2D eigenvalue weighted by molar-refractivity contribution is 6.33. The Labute approximate surface area is 366 Å². The second-order valence-electron chi connectivity index (χ2n) is 16.1. The number of rotatable bonds is 8. The van der Waals surface area contributed by atoms with Crippen LogP contribution in [-0.2, 0) is 0 Å². The molecule has 0 atom stereocenters. The van der Waals surface area contributed by atoms with Gasteiger partial charge in [0, 0.05) is 61.1 Å². The van der Waals surface area contributed by atoms with Crippen molar-refractivity contribution in [1.29, 1.82) is 0 Å². The van der Waals surface area contributed by atoms with Gasteiger partial charge in [0.1, 0.15) is 0 Å². The van der Waals surface area contributed by atoms with Crippen LogP contribution in [0, 0.1) is 0 Å². The van der Waals surface area contributed by atoms with Crippen LogP contribution in [0.25, 0.3) is 88.4 Å². The van der Waals surface area contributed by atoms with E-state index in [2.05, 4.69) is 263 Å². The highest BCUT2D eigenvalue weighted by atomic mass is 15.1. The number of fused-ring (bicyclic) bond motifs is 7. The van der Waals surface area contributed by atoms with E-state index in [-0.39, 0.29) is 0 Å². The lowest BCUT2D eigenvalue weighted by molar-refractivity contribution is 1.15. The first-order chi connectivity index (χ1) is 31.3. The number of aromatic nitrogens is 2. The van der Waals surface area contributed by atoms with Crippen LogP contribution in [0.15, 0.2) is 249 Å². The fourth-order valence-corrected chi connectivity index (χ4v) is 9.79. The summed E-state index contributed by atoms with van der Waals surface area (Å²) in [6, 6.07) is 90.1. The smallest absolute Gasteiger partial charge is 0.0795 e. The number of para-hydroxylation sites is 6. The summed E-state index contributed by atoms with van der Waals surface area (Å²) in [4.78, 5) is 2.33. The first-order valence-corrected chi connectivity index (χ1v) is 21.6. The van der Waals surface area contributed by atoms with Crippen LogP contribution in [0.1, 0.15) is 0 Å². The second kappa shape index (κ2) is 15.3. The number of benzene rings is 10. The summed E-state index contributed by atoms with van der Waals surface area (Å²) in [6.07, 6.45) is 0. The Morgan fingerprint density at radius 1 is 0.254 bits per heavy atom. The van der Waals surface area contributed by atoms with Crippen LogP contribution < -0.4 is 4.90 Å². The minimum Gasteiger partial charge on any atom is -0.311 e. The van der Waals surface area contributed by atoms with E-state index in [0.29, 0.717) is 0 Å². The Balaban J connectivity index is 1.25. The van der Waals surface area contributed by atoms with Crippen molar-refractivity contribution in [3.8, 4) is 44.8 Å². The van der Waals surface area contributed by atoms with Crippen molar-refractivity contribution in [3.05, 3.63) is 249 Å². The maximum atomic E-state index is 2.50. The molecule has 2 aromatic heterocycles. The molecule has 2 heterocycles. The number of hydrogen-bond acceptors (Lipinski definition) is 1. The molecule has 0 amide bonds. The topological polar surface area (TPSA) is 13.1 Å². The number of nitrogens with zero attached hydrogens (tertiary/aromatic N) is 3. The normalized spacial score (nSPS) is 11.5. The van der Waals surface area contributed by atoms with Gasteiger partial charge in [0.15, 0.2) is 0 Å². The number of hydrogen-bond donors (Lipinski definition) is 0. The van der Waals surface area contributed by atoms with Crippen LogP contribution >= 0.6 is 0 Å². The summed E-state index contributed by atoms with van der Waals surface area (Å²) >= 11 is 0. The molecule has 0 saturated carbocycles. The maximum Gasteiger partial charge on any atom is 0.0795 e. The molecule has 0 aliphatic carbocycles. The van der Waals surface area contributed by atoms with Gasteiger partial charge in [0.05, 0.1) is 22.1 Å². The quantitative estimate of drug-likeness (QED) is 0.149. The first-order valence-electron chi connectivity index (χ1n) is 21.6. The average molecular weight is 804 g/mol. The molecular weight excluding hydrogens is 763 g/mol. The monoisotopic (exact) mass is 803 g/mol. The van der Waals surface area contributed by atoms with Crippen molar-refractivity contribution in [2.75, 3.05) is 4.90 Å². The Bertz CT molecular complexity index is 3520. The van der Waals surface area contributed by atoms with E-state index in [1.807, 2.05) is 0 Å². The Kier molecular flexibility index (Phi) is 8.83. The largest absolute Gasteiger partial charge is 0.311 e. The van der Waals surface area contributed by atoms with Gasteiger partial charge in [0.25, 0.3) is 0 Å². The van der Waals surface area contributed by atoms with Crippen molar-refractivity contribution in [2.24, 2.45) is 0 Å². The van der Waals surface area contributed by atoms with E-state index in [1.165, 1.54) is 71.4 Å². The molecule has 0 N–H and O–H groups in total. The van der Waals surface area contributed by atoms with Gasteiger partial charge >= 0.3 is 0 Å². The van der Waals surface area contributed by atoms with Gasteiger partial charge in [-0.15, -0.1) is 0 Å². The van der Waals surface area contributed by atoms with Gasteiger partial charge in [-0.05, 0) is 95.1 Å². The molecule has 0 bridgehead atoms. The molecule has 0 spiro atoms. The van der Waals surface area contributed by atoms with Crippen LogP contribution in [-0.4, -0.2) is 9.13 Å². The van der Waals surface area contributed by atoms with E-state index in [1.54, 1.807) is 0 Å². The highest BCUT2D eigenvalue weighted by Crippen LogP contribution is 2.52. The first kappa shape index (κ1) is 36.5. The van der Waals surface area contributed by atoms with Gasteiger partial charge in [0.2, 0.25) is 0 Å². The summed E-state index contributed by atoms with van der Waals surface area (Å²) in [5, 5.41) is 4.87. The summed E-state index contributed by atoms with van der Waals surface area (Å²) in [7, 11) is 0. The molecule has 296 valence electrons. The molecule has 0 aliphatic rings. The van der Waals surface area contributed by atoms with Gasteiger partial charge in [-0.1, -0.05) is 176 Å². The van der Waals surface area contributed by atoms with Crippen LogP contribution in [0.4, 0.5) is 17.1 Å². The van der Waals surface area contributed by atoms with Crippen molar-refractivity contribution >= 4 is 60.7 Å². The zero-order chi connectivity index (χ0) is 41.7. The van der Waals surface area contributed by atoms with Gasteiger partial charge in [-0.25, -0.2) is 0 Å². The molecule has 3 nitrogen and oxygen atoms in total. The molecule has 63 heavy (non-hydrogen) atoms. The van der Waals surface area contributed by atoms with Gasteiger partial charge in [-0.2, -0.15) is 0 Å². The summed E-state index contributed by atoms with van der Waals surface area (Å²) in [5.41, 5.74) is 17.4. The average Bonchev–Trinajstić information content (AvgIpc) is 3.89. The van der Waals surface area contributed by atoms with Gasteiger partial charge < -0.3 is 14.0 Å². The minimum absolute atomic E-state index is 1.09. The maximum absolute atomic E-state index is 2.50. The Hall–Kier alpha value is -8.40. The summed E-state index contributed by atoms with van der Waals surface area (Å²) in [6.45, 7) is 0. The fraction of sp³-hybridized carbons (Fsp3) is 0. The van der Waals surface area contributed by atoms with Crippen molar-refractivity contribution < 1.29 is 0 Å². The van der Waals surface area contributed by atoms with E-state index < -0.39 is 0 Å². The summed E-state index contributed by atoms with van der Waals surface area (Å²) in [5.74, 6) is 0. The van der Waals surface area contributed by atoms with Gasteiger partial charge in [-0.3, -0.25) is 0 Å².